The molecule has 0 atom stereocenters. The minimum absolute atomic E-state index is 0.552. The lowest BCUT2D eigenvalue weighted by molar-refractivity contribution is 0.332. The molecule has 7 heteroatoms. The Balaban J connectivity index is 1.63. The third kappa shape index (κ3) is 3.36. The maximum atomic E-state index is 5.71. The summed E-state index contributed by atoms with van der Waals surface area (Å²) in [7, 11) is 0. The van der Waals surface area contributed by atoms with Crippen molar-refractivity contribution < 1.29 is 4.74 Å². The molecule has 2 aromatic heterocycles. The number of aryl methyl sites for hydroxylation is 1. The van der Waals surface area contributed by atoms with Gasteiger partial charge in [0.2, 0.25) is 0 Å². The first-order valence-electron chi connectivity index (χ1n) is 7.08. The van der Waals surface area contributed by atoms with Crippen LogP contribution in [0.3, 0.4) is 0 Å². The zero-order chi connectivity index (χ0) is 15.4. The van der Waals surface area contributed by atoms with Crippen LogP contribution in [-0.2, 0) is 6.42 Å². The average molecular weight is 362 g/mol. The summed E-state index contributed by atoms with van der Waals surface area (Å²) in [5.74, 6) is 2.32. The molecule has 22 heavy (non-hydrogen) atoms. The minimum Gasteiger partial charge on any atom is -0.492 e. The molecule has 1 aromatic carbocycles. The van der Waals surface area contributed by atoms with Gasteiger partial charge in [0.25, 0.3) is 5.78 Å². The summed E-state index contributed by atoms with van der Waals surface area (Å²) >= 11 is 3.43. The van der Waals surface area contributed by atoms with Gasteiger partial charge in [0.15, 0.2) is 0 Å². The largest absolute Gasteiger partial charge is 0.492 e. The average Bonchev–Trinajstić information content (AvgIpc) is 3.00. The highest BCUT2D eigenvalue weighted by Crippen LogP contribution is 2.17. The normalized spacial score (nSPS) is 10.8. The van der Waals surface area contributed by atoms with Gasteiger partial charge in [0.1, 0.15) is 24.5 Å². The van der Waals surface area contributed by atoms with Crippen LogP contribution in [-0.4, -0.2) is 32.7 Å². The molecular formula is C15H16BrN5O. The number of nitrogens with one attached hydrogen (secondary N) is 1. The first-order chi connectivity index (χ1) is 10.8. The van der Waals surface area contributed by atoms with Crippen LogP contribution in [0.4, 0.5) is 5.82 Å². The fourth-order valence-electron chi connectivity index (χ4n) is 2.07. The van der Waals surface area contributed by atoms with Gasteiger partial charge in [-0.2, -0.15) is 14.6 Å². The van der Waals surface area contributed by atoms with Gasteiger partial charge in [-0.1, -0.05) is 28.9 Å². The van der Waals surface area contributed by atoms with E-state index in [0.717, 1.165) is 28.2 Å². The van der Waals surface area contributed by atoms with E-state index < -0.39 is 0 Å². The van der Waals surface area contributed by atoms with Crippen molar-refractivity contribution >= 4 is 27.5 Å². The van der Waals surface area contributed by atoms with Gasteiger partial charge in [0, 0.05) is 16.2 Å². The molecule has 0 aliphatic rings. The molecular weight excluding hydrogens is 346 g/mol. The van der Waals surface area contributed by atoms with Crippen molar-refractivity contribution in [3.05, 3.63) is 46.8 Å². The lowest BCUT2D eigenvalue weighted by Crippen LogP contribution is -2.14. The van der Waals surface area contributed by atoms with Gasteiger partial charge in [-0.15, -0.1) is 0 Å². The van der Waals surface area contributed by atoms with Crippen LogP contribution in [0, 0.1) is 0 Å². The molecule has 3 rings (SSSR count). The van der Waals surface area contributed by atoms with E-state index in [1.807, 2.05) is 30.3 Å². The fraction of sp³-hybridized carbons (Fsp3) is 0.267. The van der Waals surface area contributed by atoms with Gasteiger partial charge >= 0.3 is 0 Å². The predicted molar refractivity (Wildman–Crippen MR) is 88.3 cm³/mol. The van der Waals surface area contributed by atoms with Gasteiger partial charge in [-0.25, -0.2) is 4.98 Å². The smallest absolute Gasteiger partial charge is 0.254 e. The Labute approximate surface area is 136 Å². The van der Waals surface area contributed by atoms with E-state index in [9.17, 15) is 0 Å². The Morgan fingerprint density at radius 1 is 1.32 bits per heavy atom. The molecule has 0 bridgehead atoms. The van der Waals surface area contributed by atoms with E-state index in [2.05, 4.69) is 43.2 Å². The third-order valence-corrected chi connectivity index (χ3v) is 3.63. The summed E-state index contributed by atoms with van der Waals surface area (Å²) in [5.41, 5.74) is 0.982. The van der Waals surface area contributed by atoms with Crippen molar-refractivity contribution in [1.82, 2.24) is 19.6 Å². The molecule has 6 nitrogen and oxygen atoms in total. The van der Waals surface area contributed by atoms with E-state index >= 15 is 0 Å². The second-order valence-corrected chi connectivity index (χ2v) is 5.61. The van der Waals surface area contributed by atoms with E-state index in [-0.39, 0.29) is 0 Å². The van der Waals surface area contributed by atoms with Gasteiger partial charge < -0.3 is 10.1 Å². The van der Waals surface area contributed by atoms with Crippen LogP contribution in [0.15, 0.2) is 41.1 Å². The molecule has 0 aliphatic heterocycles. The van der Waals surface area contributed by atoms with Crippen LogP contribution in [0.1, 0.15) is 12.6 Å². The van der Waals surface area contributed by atoms with Crippen molar-refractivity contribution in [3.8, 4) is 5.75 Å². The minimum atomic E-state index is 0.552. The monoisotopic (exact) mass is 361 g/mol. The molecule has 114 valence electrons. The highest BCUT2D eigenvalue weighted by molar-refractivity contribution is 9.10. The summed E-state index contributed by atoms with van der Waals surface area (Å²) < 4.78 is 8.40. The zero-order valence-corrected chi connectivity index (χ0v) is 13.7. The maximum Gasteiger partial charge on any atom is 0.254 e. The number of rotatable bonds is 6. The van der Waals surface area contributed by atoms with E-state index in [0.29, 0.717) is 18.9 Å². The molecule has 1 N–H and O–H groups in total. The number of aromatic nitrogens is 4. The topological polar surface area (TPSA) is 64.3 Å². The highest BCUT2D eigenvalue weighted by Gasteiger charge is 2.06. The van der Waals surface area contributed by atoms with E-state index in [4.69, 9.17) is 4.74 Å². The number of anilines is 1. The maximum absolute atomic E-state index is 5.71. The predicted octanol–water partition coefficient (Wildman–Crippen LogP) is 2.94. The standard InChI is InChI=1S/C15H16BrN5O/c1-2-12-9-14(21-15(20-12)18-10-19-21)17-6-7-22-13-5-3-4-11(16)8-13/h3-5,8-10,17H,2,6-7H2,1H3. The quantitative estimate of drug-likeness (QED) is 0.683. The molecule has 3 aromatic rings. The lowest BCUT2D eigenvalue weighted by atomic mass is 10.3. The second kappa shape index (κ2) is 6.74. The van der Waals surface area contributed by atoms with Crippen molar-refractivity contribution in [2.24, 2.45) is 0 Å². The summed E-state index contributed by atoms with van der Waals surface area (Å²) in [5, 5.41) is 7.49. The van der Waals surface area contributed by atoms with Crippen molar-refractivity contribution in [2.75, 3.05) is 18.5 Å². The molecule has 0 saturated heterocycles. The molecule has 0 unspecified atom stereocenters. The van der Waals surface area contributed by atoms with Gasteiger partial charge in [-0.3, -0.25) is 0 Å². The first-order valence-corrected chi connectivity index (χ1v) is 7.87. The molecule has 2 heterocycles. The van der Waals surface area contributed by atoms with E-state index in [1.165, 1.54) is 6.33 Å². The molecule has 0 fully saturated rings. The third-order valence-electron chi connectivity index (χ3n) is 3.14. The number of fused-ring (bicyclic) bond motifs is 1. The summed E-state index contributed by atoms with van der Waals surface area (Å²) in [6.45, 7) is 3.28. The Morgan fingerprint density at radius 3 is 3.05 bits per heavy atom. The first kappa shape index (κ1) is 14.8. The Bertz CT molecular complexity index is 773. The molecule has 0 aliphatic carbocycles. The molecule has 0 radical (unpaired) electrons. The molecule has 0 amide bonds. The second-order valence-electron chi connectivity index (χ2n) is 4.69. The fourth-order valence-corrected chi connectivity index (χ4v) is 2.45. The van der Waals surface area contributed by atoms with Crippen molar-refractivity contribution in [2.45, 2.75) is 13.3 Å². The van der Waals surface area contributed by atoms with Crippen molar-refractivity contribution in [3.63, 3.8) is 0 Å². The van der Waals surface area contributed by atoms with Gasteiger partial charge in [-0.05, 0) is 24.6 Å². The van der Waals surface area contributed by atoms with Crippen LogP contribution in [0.2, 0.25) is 0 Å². The zero-order valence-electron chi connectivity index (χ0n) is 12.2. The summed E-state index contributed by atoms with van der Waals surface area (Å²) in [6.07, 6.45) is 2.36. The highest BCUT2D eigenvalue weighted by atomic mass is 79.9. The number of nitrogens with zero attached hydrogens (tertiary/aromatic N) is 4. The number of hydrogen-bond acceptors (Lipinski definition) is 5. The number of halogens is 1. The number of ether oxygens (including phenoxy) is 1. The van der Waals surface area contributed by atoms with Gasteiger partial charge in [0.05, 0.1) is 6.54 Å². The molecule has 0 saturated carbocycles. The lowest BCUT2D eigenvalue weighted by Gasteiger charge is -2.10. The molecule has 0 spiro atoms. The Morgan fingerprint density at radius 2 is 2.23 bits per heavy atom. The number of benzene rings is 1. The summed E-state index contributed by atoms with van der Waals surface area (Å²) in [6, 6.07) is 9.78. The van der Waals surface area contributed by atoms with Crippen molar-refractivity contribution in [1.29, 1.82) is 0 Å². The Kier molecular flexibility index (Phi) is 4.53. The summed E-state index contributed by atoms with van der Waals surface area (Å²) in [4.78, 5) is 8.55. The van der Waals surface area contributed by atoms with Crippen LogP contribution in [0.25, 0.3) is 5.78 Å². The van der Waals surface area contributed by atoms with Crippen LogP contribution in [0.5, 0.6) is 5.75 Å². The van der Waals surface area contributed by atoms with Crippen LogP contribution < -0.4 is 10.1 Å². The van der Waals surface area contributed by atoms with E-state index in [1.54, 1.807) is 4.52 Å². The Hall–Kier alpha value is -2.15. The number of hydrogen-bond donors (Lipinski definition) is 1. The van der Waals surface area contributed by atoms with Crippen LogP contribution >= 0.6 is 15.9 Å². The SMILES string of the molecule is CCc1cc(NCCOc2cccc(Br)c2)n2ncnc2n1.